The van der Waals surface area contributed by atoms with Crippen LogP contribution >= 0.6 is 0 Å². The van der Waals surface area contributed by atoms with Crippen molar-refractivity contribution >= 4 is 10.0 Å². The standard InChI is InChI=1S/C14H22FNO3S/c1-4-6-12(5-2)16-20(18,19)13-7-10(3)14(15)11(8-13)9-17/h7-8,12,16-17H,4-6,9H2,1-3H3. The van der Waals surface area contributed by atoms with E-state index in [2.05, 4.69) is 4.72 Å². The Morgan fingerprint density at radius 3 is 2.50 bits per heavy atom. The van der Waals surface area contributed by atoms with E-state index in [1.165, 1.54) is 19.1 Å². The highest BCUT2D eigenvalue weighted by Gasteiger charge is 2.21. The van der Waals surface area contributed by atoms with Crippen LogP contribution in [0.25, 0.3) is 0 Å². The van der Waals surface area contributed by atoms with Crippen molar-refractivity contribution in [2.24, 2.45) is 0 Å². The first-order valence-corrected chi connectivity index (χ1v) is 8.26. The molecule has 0 heterocycles. The summed E-state index contributed by atoms with van der Waals surface area (Å²) in [6, 6.07) is 2.34. The van der Waals surface area contributed by atoms with Crippen LogP contribution in [0.4, 0.5) is 4.39 Å². The van der Waals surface area contributed by atoms with Crippen LogP contribution < -0.4 is 4.72 Å². The second-order valence-corrected chi connectivity index (χ2v) is 6.60. The van der Waals surface area contributed by atoms with Crippen LogP contribution in [0.2, 0.25) is 0 Å². The minimum absolute atomic E-state index is 0.00463. The highest BCUT2D eigenvalue weighted by atomic mass is 32.2. The summed E-state index contributed by atoms with van der Waals surface area (Å²) in [7, 11) is -3.69. The second kappa shape index (κ2) is 7.15. The van der Waals surface area contributed by atoms with Crippen molar-refractivity contribution in [2.75, 3.05) is 0 Å². The van der Waals surface area contributed by atoms with Crippen LogP contribution in [0.1, 0.15) is 44.2 Å². The first-order valence-electron chi connectivity index (χ1n) is 6.77. The number of halogens is 1. The number of nitrogens with one attached hydrogen (secondary N) is 1. The van der Waals surface area contributed by atoms with E-state index in [9.17, 15) is 12.8 Å². The topological polar surface area (TPSA) is 66.4 Å². The fourth-order valence-corrected chi connectivity index (χ4v) is 3.55. The summed E-state index contributed by atoms with van der Waals surface area (Å²) in [5, 5.41) is 9.09. The van der Waals surface area contributed by atoms with E-state index in [-0.39, 0.29) is 22.1 Å². The quantitative estimate of drug-likeness (QED) is 0.813. The van der Waals surface area contributed by atoms with E-state index in [0.717, 1.165) is 12.8 Å². The third-order valence-corrected chi connectivity index (χ3v) is 4.74. The highest BCUT2D eigenvalue weighted by molar-refractivity contribution is 7.89. The van der Waals surface area contributed by atoms with Crippen LogP contribution in [0.5, 0.6) is 0 Å². The number of benzene rings is 1. The van der Waals surface area contributed by atoms with E-state index < -0.39 is 22.4 Å². The molecule has 0 spiro atoms. The minimum atomic E-state index is -3.69. The van der Waals surface area contributed by atoms with E-state index in [1.807, 2.05) is 13.8 Å². The Balaban J connectivity index is 3.12. The van der Waals surface area contributed by atoms with Crippen molar-refractivity contribution in [1.29, 1.82) is 0 Å². The number of hydrogen-bond acceptors (Lipinski definition) is 3. The maximum Gasteiger partial charge on any atom is 0.240 e. The van der Waals surface area contributed by atoms with Crippen LogP contribution in [-0.2, 0) is 16.6 Å². The van der Waals surface area contributed by atoms with Gasteiger partial charge < -0.3 is 5.11 Å². The molecular weight excluding hydrogens is 281 g/mol. The smallest absolute Gasteiger partial charge is 0.240 e. The van der Waals surface area contributed by atoms with Crippen molar-refractivity contribution in [3.8, 4) is 0 Å². The summed E-state index contributed by atoms with van der Waals surface area (Å²) < 4.78 is 40.9. The molecule has 1 aromatic carbocycles. The van der Waals surface area contributed by atoms with Crippen molar-refractivity contribution in [3.05, 3.63) is 29.1 Å². The Hall–Kier alpha value is -0.980. The first-order chi connectivity index (χ1) is 9.35. The maximum absolute atomic E-state index is 13.6. The molecule has 0 aromatic heterocycles. The molecule has 0 aliphatic rings. The predicted octanol–water partition coefficient (Wildman–Crippen LogP) is 2.48. The summed E-state index contributed by atoms with van der Waals surface area (Å²) in [4.78, 5) is -0.00463. The van der Waals surface area contributed by atoms with Gasteiger partial charge in [-0.2, -0.15) is 0 Å². The van der Waals surface area contributed by atoms with Gasteiger partial charge in [-0.3, -0.25) is 0 Å². The molecule has 4 nitrogen and oxygen atoms in total. The van der Waals surface area contributed by atoms with Crippen LogP contribution in [-0.4, -0.2) is 19.6 Å². The lowest BCUT2D eigenvalue weighted by Crippen LogP contribution is -2.34. The molecule has 1 unspecified atom stereocenters. The van der Waals surface area contributed by atoms with E-state index in [1.54, 1.807) is 0 Å². The normalized spacial score (nSPS) is 13.4. The number of aliphatic hydroxyl groups is 1. The lowest BCUT2D eigenvalue weighted by molar-refractivity contribution is 0.275. The van der Waals surface area contributed by atoms with E-state index in [0.29, 0.717) is 6.42 Å². The minimum Gasteiger partial charge on any atom is -0.392 e. The third kappa shape index (κ3) is 4.01. The first kappa shape index (κ1) is 17.1. The predicted molar refractivity (Wildman–Crippen MR) is 76.4 cm³/mol. The lowest BCUT2D eigenvalue weighted by Gasteiger charge is -2.17. The number of sulfonamides is 1. The highest BCUT2D eigenvalue weighted by Crippen LogP contribution is 2.20. The Bertz CT molecular complexity index is 558. The number of aliphatic hydroxyl groups excluding tert-OH is 1. The Labute approximate surface area is 120 Å². The van der Waals surface area contributed by atoms with Gasteiger partial charge in [0.1, 0.15) is 5.82 Å². The molecule has 0 bridgehead atoms. The molecule has 0 fully saturated rings. The molecule has 0 saturated heterocycles. The molecule has 0 aliphatic carbocycles. The van der Waals surface area contributed by atoms with Gasteiger partial charge in [-0.05, 0) is 37.5 Å². The van der Waals surface area contributed by atoms with Crippen LogP contribution in [0.15, 0.2) is 17.0 Å². The van der Waals surface area contributed by atoms with Crippen molar-refractivity contribution in [3.63, 3.8) is 0 Å². The maximum atomic E-state index is 13.6. The van der Waals surface area contributed by atoms with Crippen molar-refractivity contribution < 1.29 is 17.9 Å². The van der Waals surface area contributed by atoms with Gasteiger partial charge in [-0.1, -0.05) is 20.3 Å². The SMILES string of the molecule is CCCC(CC)NS(=O)(=O)c1cc(C)c(F)c(CO)c1. The van der Waals surface area contributed by atoms with Gasteiger partial charge in [0.25, 0.3) is 0 Å². The molecule has 6 heteroatoms. The molecule has 20 heavy (non-hydrogen) atoms. The molecule has 1 atom stereocenters. The largest absolute Gasteiger partial charge is 0.392 e. The van der Waals surface area contributed by atoms with Gasteiger partial charge in [0.15, 0.2) is 0 Å². The van der Waals surface area contributed by atoms with Gasteiger partial charge in [0.2, 0.25) is 10.0 Å². The molecule has 1 aromatic rings. The molecule has 2 N–H and O–H groups in total. The number of rotatable bonds is 7. The summed E-state index contributed by atoms with van der Waals surface area (Å²) in [5.74, 6) is -0.563. The van der Waals surface area contributed by atoms with Crippen molar-refractivity contribution in [2.45, 2.75) is 57.6 Å². The number of aryl methyl sites for hydroxylation is 1. The Morgan fingerprint density at radius 2 is 2.00 bits per heavy atom. The zero-order chi connectivity index (χ0) is 15.3. The zero-order valence-electron chi connectivity index (χ0n) is 12.1. The molecule has 0 saturated carbocycles. The third-order valence-electron chi connectivity index (χ3n) is 3.24. The number of hydrogen-bond donors (Lipinski definition) is 2. The van der Waals surface area contributed by atoms with Gasteiger partial charge in [-0.15, -0.1) is 0 Å². The summed E-state index contributed by atoms with van der Waals surface area (Å²) in [5.41, 5.74) is 0.203. The zero-order valence-corrected chi connectivity index (χ0v) is 12.9. The van der Waals surface area contributed by atoms with Gasteiger partial charge in [-0.25, -0.2) is 17.5 Å². The second-order valence-electron chi connectivity index (χ2n) is 4.89. The summed E-state index contributed by atoms with van der Waals surface area (Å²) in [6.45, 7) is 4.86. The lowest BCUT2D eigenvalue weighted by atomic mass is 10.1. The Morgan fingerprint density at radius 1 is 1.35 bits per heavy atom. The molecule has 0 radical (unpaired) electrons. The molecule has 1 rings (SSSR count). The molecule has 0 amide bonds. The average Bonchev–Trinajstić information content (AvgIpc) is 2.40. The Kier molecular flexibility index (Phi) is 6.10. The fraction of sp³-hybridized carbons (Fsp3) is 0.571. The molecular formula is C14H22FNO3S. The van der Waals surface area contributed by atoms with Crippen molar-refractivity contribution in [1.82, 2.24) is 4.72 Å². The molecule has 114 valence electrons. The fourth-order valence-electron chi connectivity index (χ4n) is 2.06. The van der Waals surface area contributed by atoms with Gasteiger partial charge in [0.05, 0.1) is 11.5 Å². The monoisotopic (exact) mass is 303 g/mol. The molecule has 0 aliphatic heterocycles. The van der Waals surface area contributed by atoms with E-state index >= 15 is 0 Å². The van der Waals surface area contributed by atoms with Crippen LogP contribution in [0, 0.1) is 12.7 Å². The van der Waals surface area contributed by atoms with Gasteiger partial charge >= 0.3 is 0 Å². The van der Waals surface area contributed by atoms with Crippen LogP contribution in [0.3, 0.4) is 0 Å². The summed E-state index contributed by atoms with van der Waals surface area (Å²) >= 11 is 0. The van der Waals surface area contributed by atoms with E-state index in [4.69, 9.17) is 5.11 Å². The average molecular weight is 303 g/mol. The van der Waals surface area contributed by atoms with Gasteiger partial charge in [0, 0.05) is 11.6 Å². The summed E-state index contributed by atoms with van der Waals surface area (Å²) in [6.07, 6.45) is 2.33.